The summed E-state index contributed by atoms with van der Waals surface area (Å²) in [4.78, 5) is 9.72. The summed E-state index contributed by atoms with van der Waals surface area (Å²) >= 11 is 0. The van der Waals surface area contributed by atoms with Crippen molar-refractivity contribution < 1.29 is 5.11 Å². The molecule has 4 heteroatoms. The van der Waals surface area contributed by atoms with E-state index in [1.54, 1.807) is 6.07 Å². The van der Waals surface area contributed by atoms with E-state index in [-0.39, 0.29) is 5.75 Å². The average molecular weight is 468 g/mol. The molecule has 0 aliphatic carbocycles. The lowest BCUT2D eigenvalue weighted by Crippen LogP contribution is -1.92. The number of hydrogen-bond donors (Lipinski definition) is 1. The van der Waals surface area contributed by atoms with Gasteiger partial charge in [0.05, 0.1) is 22.3 Å². The minimum atomic E-state index is 0.223. The van der Waals surface area contributed by atoms with Gasteiger partial charge in [0.15, 0.2) is 0 Å². The summed E-state index contributed by atoms with van der Waals surface area (Å²) in [6.07, 6.45) is 2.84. The molecule has 0 saturated carbocycles. The van der Waals surface area contributed by atoms with Gasteiger partial charge in [-0.05, 0) is 53.4 Å². The first-order chi connectivity index (χ1) is 17.7. The van der Waals surface area contributed by atoms with Gasteiger partial charge in [0.2, 0.25) is 0 Å². The molecule has 36 heavy (non-hydrogen) atoms. The SMILES string of the molecule is Cn1c(-c2ccccc2O)nc2c(-c3cccc(-c4ccc(Cc5ccccc5)cn4)c3)cccc21. The van der Waals surface area contributed by atoms with Crippen LogP contribution < -0.4 is 0 Å². The van der Waals surface area contributed by atoms with Gasteiger partial charge in [-0.25, -0.2) is 4.98 Å². The number of rotatable bonds is 5. The van der Waals surface area contributed by atoms with Crippen molar-refractivity contribution in [3.05, 3.63) is 127 Å². The number of phenolic OH excluding ortho intramolecular Hbond substituents is 1. The molecule has 4 aromatic carbocycles. The number of benzene rings is 4. The Morgan fingerprint density at radius 1 is 0.694 bits per heavy atom. The second-order valence-electron chi connectivity index (χ2n) is 8.98. The van der Waals surface area contributed by atoms with Crippen LogP contribution in [0, 0.1) is 0 Å². The van der Waals surface area contributed by atoms with Crippen LogP contribution in [-0.2, 0) is 13.5 Å². The summed E-state index contributed by atoms with van der Waals surface area (Å²) in [7, 11) is 1.98. The van der Waals surface area contributed by atoms with Crippen molar-refractivity contribution >= 4 is 11.0 Å². The molecule has 6 rings (SSSR count). The Hall–Kier alpha value is -4.70. The molecule has 0 saturated heterocycles. The Labute approximate surface area is 210 Å². The highest BCUT2D eigenvalue weighted by Crippen LogP contribution is 2.35. The first-order valence-electron chi connectivity index (χ1n) is 12.0. The van der Waals surface area contributed by atoms with Crippen LogP contribution in [0.5, 0.6) is 5.75 Å². The van der Waals surface area contributed by atoms with Crippen LogP contribution in [0.1, 0.15) is 11.1 Å². The van der Waals surface area contributed by atoms with Gasteiger partial charge in [-0.15, -0.1) is 0 Å². The van der Waals surface area contributed by atoms with Crippen LogP contribution >= 0.6 is 0 Å². The Morgan fingerprint density at radius 2 is 1.44 bits per heavy atom. The van der Waals surface area contributed by atoms with Crippen molar-refractivity contribution in [3.8, 4) is 39.5 Å². The van der Waals surface area contributed by atoms with Crippen molar-refractivity contribution in [1.29, 1.82) is 0 Å². The molecule has 6 aromatic rings. The highest BCUT2D eigenvalue weighted by molar-refractivity contribution is 5.95. The van der Waals surface area contributed by atoms with E-state index in [0.717, 1.165) is 51.2 Å². The topological polar surface area (TPSA) is 50.9 Å². The van der Waals surface area contributed by atoms with Gasteiger partial charge < -0.3 is 9.67 Å². The number of aromatic nitrogens is 3. The van der Waals surface area contributed by atoms with Crippen molar-refractivity contribution in [2.24, 2.45) is 7.05 Å². The highest BCUT2D eigenvalue weighted by atomic mass is 16.3. The second kappa shape index (κ2) is 9.16. The minimum absolute atomic E-state index is 0.223. The van der Waals surface area contributed by atoms with Gasteiger partial charge in [-0.3, -0.25) is 4.98 Å². The van der Waals surface area contributed by atoms with Gasteiger partial charge in [0.1, 0.15) is 11.6 Å². The van der Waals surface area contributed by atoms with E-state index in [0.29, 0.717) is 0 Å². The van der Waals surface area contributed by atoms with E-state index in [1.165, 1.54) is 11.1 Å². The van der Waals surface area contributed by atoms with Crippen LogP contribution in [0.25, 0.3) is 44.8 Å². The zero-order valence-corrected chi connectivity index (χ0v) is 20.0. The monoisotopic (exact) mass is 467 g/mol. The maximum absolute atomic E-state index is 10.4. The van der Waals surface area contributed by atoms with Crippen molar-refractivity contribution in [1.82, 2.24) is 14.5 Å². The summed E-state index contributed by atoms with van der Waals surface area (Å²) in [5, 5.41) is 10.4. The predicted octanol–water partition coefficient (Wildman–Crippen LogP) is 7.27. The van der Waals surface area contributed by atoms with Gasteiger partial charge in [0, 0.05) is 24.4 Å². The molecule has 2 aromatic heterocycles. The third kappa shape index (κ3) is 4.03. The van der Waals surface area contributed by atoms with Gasteiger partial charge in [0.25, 0.3) is 0 Å². The summed E-state index contributed by atoms with van der Waals surface area (Å²) in [6.45, 7) is 0. The number of pyridine rings is 1. The molecule has 0 aliphatic heterocycles. The van der Waals surface area contributed by atoms with Crippen LogP contribution in [-0.4, -0.2) is 19.6 Å². The number of hydrogen-bond acceptors (Lipinski definition) is 3. The lowest BCUT2D eigenvalue weighted by molar-refractivity contribution is 0.476. The first-order valence-corrected chi connectivity index (χ1v) is 12.0. The number of para-hydroxylation sites is 2. The van der Waals surface area contributed by atoms with Crippen LogP contribution in [0.15, 0.2) is 115 Å². The molecular weight excluding hydrogens is 442 g/mol. The summed E-state index contributed by atoms with van der Waals surface area (Å²) in [6, 6.07) is 36.7. The number of fused-ring (bicyclic) bond motifs is 1. The Balaban J connectivity index is 1.36. The number of phenols is 1. The normalized spacial score (nSPS) is 11.1. The zero-order chi connectivity index (χ0) is 24.5. The number of imidazole rings is 1. The molecule has 2 heterocycles. The molecule has 0 atom stereocenters. The van der Waals surface area contributed by atoms with Crippen molar-refractivity contribution in [2.45, 2.75) is 6.42 Å². The van der Waals surface area contributed by atoms with E-state index >= 15 is 0 Å². The fourth-order valence-electron chi connectivity index (χ4n) is 4.73. The number of aromatic hydroxyl groups is 1. The number of nitrogens with zero attached hydrogens (tertiary/aromatic N) is 3. The quantitative estimate of drug-likeness (QED) is 0.290. The molecule has 4 nitrogen and oxygen atoms in total. The minimum Gasteiger partial charge on any atom is -0.507 e. The zero-order valence-electron chi connectivity index (χ0n) is 20.0. The van der Waals surface area contributed by atoms with Crippen LogP contribution in [0.2, 0.25) is 0 Å². The van der Waals surface area contributed by atoms with Gasteiger partial charge in [-0.1, -0.05) is 78.9 Å². The molecule has 0 aliphatic rings. The van der Waals surface area contributed by atoms with E-state index in [2.05, 4.69) is 78.9 Å². The Kier molecular flexibility index (Phi) is 5.55. The molecule has 0 radical (unpaired) electrons. The third-order valence-electron chi connectivity index (χ3n) is 6.60. The van der Waals surface area contributed by atoms with Crippen molar-refractivity contribution in [3.63, 3.8) is 0 Å². The lowest BCUT2D eigenvalue weighted by Gasteiger charge is -2.08. The summed E-state index contributed by atoms with van der Waals surface area (Å²) < 4.78 is 2.03. The highest BCUT2D eigenvalue weighted by Gasteiger charge is 2.16. The standard InChI is InChI=1S/C32H25N3O/c1-35-29-15-8-14-26(31(29)34-32(35)27-13-5-6-16-30(27)36)24-11-7-12-25(20-24)28-18-17-23(21-33-28)19-22-9-3-2-4-10-22/h2-18,20-21,36H,19H2,1H3. The molecule has 0 spiro atoms. The fourth-order valence-corrected chi connectivity index (χ4v) is 4.73. The van der Waals surface area contributed by atoms with Gasteiger partial charge in [-0.2, -0.15) is 0 Å². The molecular formula is C32H25N3O. The second-order valence-corrected chi connectivity index (χ2v) is 8.98. The molecule has 0 unspecified atom stereocenters. The lowest BCUT2D eigenvalue weighted by atomic mass is 10.00. The van der Waals surface area contributed by atoms with E-state index < -0.39 is 0 Å². The predicted molar refractivity (Wildman–Crippen MR) is 146 cm³/mol. The Bertz CT molecular complexity index is 1670. The molecule has 1 N–H and O–H groups in total. The van der Waals surface area contributed by atoms with Crippen LogP contribution in [0.4, 0.5) is 0 Å². The fraction of sp³-hybridized carbons (Fsp3) is 0.0625. The third-order valence-corrected chi connectivity index (χ3v) is 6.60. The molecule has 0 amide bonds. The van der Waals surface area contributed by atoms with E-state index in [1.807, 2.05) is 42.1 Å². The van der Waals surface area contributed by atoms with E-state index in [9.17, 15) is 5.11 Å². The largest absolute Gasteiger partial charge is 0.507 e. The molecule has 0 bridgehead atoms. The smallest absolute Gasteiger partial charge is 0.144 e. The molecule has 0 fully saturated rings. The van der Waals surface area contributed by atoms with Crippen LogP contribution in [0.3, 0.4) is 0 Å². The summed E-state index contributed by atoms with van der Waals surface area (Å²) in [5.41, 5.74) is 9.24. The van der Waals surface area contributed by atoms with Crippen molar-refractivity contribution in [2.75, 3.05) is 0 Å². The maximum Gasteiger partial charge on any atom is 0.144 e. The molecule has 174 valence electrons. The maximum atomic E-state index is 10.4. The Morgan fingerprint density at radius 3 is 2.25 bits per heavy atom. The summed E-state index contributed by atoms with van der Waals surface area (Å²) in [5.74, 6) is 0.962. The van der Waals surface area contributed by atoms with Gasteiger partial charge >= 0.3 is 0 Å². The first kappa shape index (κ1) is 21.8. The average Bonchev–Trinajstić information content (AvgIpc) is 3.26. The van der Waals surface area contributed by atoms with E-state index in [4.69, 9.17) is 9.97 Å². The number of aryl methyl sites for hydroxylation is 1.